The molecule has 0 aromatic heterocycles. The second kappa shape index (κ2) is 33.5. The lowest BCUT2D eigenvalue weighted by Crippen LogP contribution is -2.11. The summed E-state index contributed by atoms with van der Waals surface area (Å²) in [7, 11) is -9.39. The first-order valence-electron chi connectivity index (χ1n) is 33.7. The highest BCUT2D eigenvalue weighted by atomic mass is 32.2. The quantitative estimate of drug-likeness (QED) is 0.0152. The van der Waals surface area contributed by atoms with Crippen molar-refractivity contribution in [1.82, 2.24) is 0 Å². The minimum Gasteiger partial charge on any atom is -0.507 e. The third kappa shape index (κ3) is 18.9. The third-order valence-corrected chi connectivity index (χ3v) is 18.5. The van der Waals surface area contributed by atoms with Crippen LogP contribution >= 0.6 is 0 Å². The number of anilines is 6. The van der Waals surface area contributed by atoms with Gasteiger partial charge in [-0.15, -0.1) is 40.9 Å². The number of carboxylic acid groups (broad SMARTS) is 2. The van der Waals surface area contributed by atoms with Gasteiger partial charge < -0.3 is 54.0 Å². The summed E-state index contributed by atoms with van der Waals surface area (Å²) >= 11 is 0. The summed E-state index contributed by atoms with van der Waals surface area (Å²) in [6.45, 7) is 0. The van der Waals surface area contributed by atoms with Gasteiger partial charge in [-0.1, -0.05) is 18.2 Å². The fourth-order valence-electron chi connectivity index (χ4n) is 10.8. The number of aromatic carboxylic acids is 2. The van der Waals surface area contributed by atoms with E-state index in [1.165, 1.54) is 158 Å². The van der Waals surface area contributed by atoms with Gasteiger partial charge in [0.2, 0.25) is 0 Å². The van der Waals surface area contributed by atoms with Crippen molar-refractivity contribution in [1.29, 1.82) is 0 Å². The smallest absolute Gasteiger partial charge is 0.339 e. The topological polar surface area (TPSA) is 584 Å². The largest absolute Gasteiger partial charge is 0.507 e. The lowest BCUT2D eigenvalue weighted by Gasteiger charge is -2.08. The molecule has 2 amide bonds. The highest BCUT2D eigenvalue weighted by molar-refractivity contribution is 7.86. The van der Waals surface area contributed by atoms with Crippen LogP contribution in [0.1, 0.15) is 41.4 Å². The number of benzene rings is 13. The van der Waals surface area contributed by atoms with Crippen LogP contribution in [0.15, 0.2) is 334 Å². The Bertz CT molecular complexity index is 6260. The summed E-state index contributed by atoms with van der Waals surface area (Å²) in [5.41, 5.74) is 30.5. The number of hydrogen-bond donors (Lipinski definition) is 12. The molecule has 0 fully saturated rings. The number of carbonyl (C=O) groups excluding carboxylic acids is 2. The van der Waals surface area contributed by atoms with Gasteiger partial charge in [-0.2, -0.15) is 57.7 Å². The predicted molar refractivity (Wildman–Crippen MR) is 430 cm³/mol. The van der Waals surface area contributed by atoms with E-state index < -0.39 is 65.3 Å². The molecule has 0 heterocycles. The highest BCUT2D eigenvalue weighted by Gasteiger charge is 2.20. The van der Waals surface area contributed by atoms with E-state index in [1.807, 2.05) is 0 Å². The number of azo groups is 8. The Balaban J connectivity index is 0.652. The summed E-state index contributed by atoms with van der Waals surface area (Å²) in [4.78, 5) is 48.1. The van der Waals surface area contributed by atoms with E-state index in [4.69, 9.17) is 22.9 Å². The molecule has 0 atom stereocenters. The van der Waals surface area contributed by atoms with Gasteiger partial charge in [0.25, 0.3) is 32.1 Å². The van der Waals surface area contributed by atoms with E-state index >= 15 is 0 Å². The maximum Gasteiger partial charge on any atom is 0.339 e. The van der Waals surface area contributed by atoms with Crippen LogP contribution in [0.4, 0.5) is 125 Å². The molecule has 0 saturated carbocycles. The van der Waals surface area contributed by atoms with E-state index in [-0.39, 0.29) is 113 Å². The molecule has 13 aromatic rings. The number of carboxylic acids is 2. The Kier molecular flexibility index (Phi) is 22.5. The number of fused-ring (bicyclic) bond motifs is 2. The Morgan fingerprint density at radius 1 is 0.276 bits per heavy atom. The van der Waals surface area contributed by atoms with Gasteiger partial charge in [-0.25, -0.2) is 9.59 Å². The van der Waals surface area contributed by atoms with Crippen molar-refractivity contribution < 1.29 is 65.5 Å². The predicted octanol–water partition coefficient (Wildman–Crippen LogP) is 21.5. The highest BCUT2D eigenvalue weighted by Crippen LogP contribution is 2.43. The van der Waals surface area contributed by atoms with Crippen molar-refractivity contribution in [2.75, 3.05) is 33.6 Å². The molecule has 0 aliphatic heterocycles. The lowest BCUT2D eigenvalue weighted by atomic mass is 10.1. The van der Waals surface area contributed by atoms with Gasteiger partial charge in [-0.3, -0.25) is 18.7 Å². The molecule has 0 aliphatic carbocycles. The normalized spacial score (nSPS) is 12.2. The number of hydrogen-bond acceptors (Lipinski definition) is 30. The van der Waals surface area contributed by atoms with E-state index in [2.05, 4.69) is 92.5 Å². The molecule has 38 heteroatoms. The number of phenols is 2. The molecule has 0 radical (unpaired) electrons. The number of rotatable bonds is 24. The van der Waals surface area contributed by atoms with Crippen LogP contribution in [-0.2, 0) is 20.2 Å². The number of nitrogens with zero attached hydrogens (tertiary/aromatic N) is 16. The molecule has 0 bridgehead atoms. The summed E-state index contributed by atoms with van der Waals surface area (Å²) in [5, 5.41) is 113. The zero-order valence-corrected chi connectivity index (χ0v) is 61.0. The van der Waals surface area contributed by atoms with E-state index in [9.17, 15) is 65.5 Å². The van der Waals surface area contributed by atoms with Crippen molar-refractivity contribution >= 4 is 191 Å². The Labute approximate surface area is 654 Å². The summed E-state index contributed by atoms with van der Waals surface area (Å²) in [6, 6.07) is 58.4. The van der Waals surface area contributed by atoms with Crippen LogP contribution in [0, 0.1) is 0 Å². The summed E-state index contributed by atoms with van der Waals surface area (Å²) < 4.78 is 69.6. The monoisotopic (exact) mass is 1590 g/mol. The van der Waals surface area contributed by atoms with Crippen LogP contribution in [0.2, 0.25) is 0 Å². The van der Waals surface area contributed by atoms with Crippen molar-refractivity contribution in [2.24, 2.45) is 81.8 Å². The molecule has 16 N–H and O–H groups in total. The summed E-state index contributed by atoms with van der Waals surface area (Å²) in [5.74, 6) is -4.39. The first-order valence-corrected chi connectivity index (χ1v) is 36.6. The van der Waals surface area contributed by atoms with Crippen molar-refractivity contribution in [2.45, 2.75) is 9.79 Å². The maximum atomic E-state index is 13.1. The number of nitrogen functional groups attached to an aromatic ring is 4. The number of carbonyl (C=O) groups is 4. The Morgan fingerprint density at radius 2 is 0.552 bits per heavy atom. The maximum absolute atomic E-state index is 13.1. The standard InChI is InChI=1S/C78H56N22O14S2/c79-61-37-63(81)71(99-95-65-26-28-67(57-35-53(115(109,110)111)22-24-55(57)65)93-87-47-16-12-43(13-17-47)83-75(103)41-4-8-45(9-5-41)85-89-51-20-30-73(101)59(33-51)77(105)106)39-69(61)97-91-49-2-1-3-50(32-49)92-98-70-40-72(64(82)38-62(70)80)100-96-66-27-29-68(58-36-54(116(112,113)114)23-25-56(58)66)94-88-48-18-14-44(15-19-48)84-76(104)42-6-10-46(11-7-42)86-90-52-21-31-74(102)60(34-52)78(107)108/h1-40,101-102H,79-82H2,(H,83,103)(H,84,104)(H,105,106)(H,107,108)(H,109,110,111)(H,112,113,114). The molecule has 13 rings (SSSR count). The van der Waals surface area contributed by atoms with Crippen molar-refractivity contribution in [3.63, 3.8) is 0 Å². The van der Waals surface area contributed by atoms with Crippen molar-refractivity contribution in [3.05, 3.63) is 265 Å². The average Bonchev–Trinajstić information content (AvgIpc) is 0.781. The molecule has 0 unspecified atom stereocenters. The zero-order valence-electron chi connectivity index (χ0n) is 59.3. The molecular weight excluding hydrogens is 1530 g/mol. The van der Waals surface area contributed by atoms with Gasteiger partial charge in [0.1, 0.15) is 45.4 Å². The van der Waals surface area contributed by atoms with Gasteiger partial charge in [0.05, 0.1) is 101 Å². The molecule has 0 saturated heterocycles. The van der Waals surface area contributed by atoms with E-state index in [1.54, 1.807) is 84.9 Å². The number of nitrogens with two attached hydrogens (primary N) is 4. The molecule has 0 spiro atoms. The van der Waals surface area contributed by atoms with E-state index in [0.717, 1.165) is 0 Å². The second-order valence-corrected chi connectivity index (χ2v) is 27.6. The van der Waals surface area contributed by atoms with Crippen LogP contribution in [0.25, 0.3) is 21.5 Å². The van der Waals surface area contributed by atoms with Crippen LogP contribution in [-0.4, -0.2) is 70.1 Å². The third-order valence-electron chi connectivity index (χ3n) is 16.8. The zero-order chi connectivity index (χ0) is 82.0. The first-order chi connectivity index (χ1) is 55.6. The minimum atomic E-state index is -4.70. The molecule has 36 nitrogen and oxygen atoms in total. The van der Waals surface area contributed by atoms with Gasteiger partial charge in [0, 0.05) is 44.0 Å². The van der Waals surface area contributed by atoms with E-state index in [0.29, 0.717) is 56.3 Å². The molecule has 574 valence electrons. The van der Waals surface area contributed by atoms with Crippen LogP contribution in [0.3, 0.4) is 0 Å². The second-order valence-electron chi connectivity index (χ2n) is 24.7. The summed E-state index contributed by atoms with van der Waals surface area (Å²) in [6.07, 6.45) is 0. The molecule has 13 aromatic carbocycles. The Morgan fingerprint density at radius 3 is 0.897 bits per heavy atom. The van der Waals surface area contributed by atoms with Gasteiger partial charge in [-0.05, 0) is 224 Å². The number of nitrogens with one attached hydrogen (secondary N) is 2. The van der Waals surface area contributed by atoms with Crippen LogP contribution in [0.5, 0.6) is 11.5 Å². The Hall–Kier alpha value is -16.3. The average molecular weight is 1590 g/mol. The van der Waals surface area contributed by atoms with Crippen molar-refractivity contribution in [3.8, 4) is 11.5 Å². The van der Waals surface area contributed by atoms with Gasteiger partial charge in [0.15, 0.2) is 0 Å². The fraction of sp³-hybridized carbons (Fsp3) is 0. The molecule has 0 aliphatic rings. The minimum absolute atomic E-state index is 0.116. The van der Waals surface area contributed by atoms with Gasteiger partial charge >= 0.3 is 11.9 Å². The molecular formula is C78H56N22O14S2. The fourth-order valence-corrected chi connectivity index (χ4v) is 11.9. The number of amides is 2. The number of aromatic hydroxyl groups is 2. The lowest BCUT2D eigenvalue weighted by molar-refractivity contribution is 0.0682. The SMILES string of the molecule is Nc1cc(N)c(N=Nc2ccc(N=Nc3ccc(NC(=O)c4ccc(N=Nc5ccc(O)c(C(=O)O)c5)cc4)cc3)c3cc(S(=O)(=O)O)ccc23)cc1N=Nc1cccc(N=Nc2cc(N=Nc3ccc(N=Nc4ccc(NC(=O)c5ccc(N=Nc6ccc(O)c(C(=O)O)c6)cc5)cc4)c4cc(S(=O)(=O)O)ccc34)c(N)cc2N)c1. The first kappa shape index (κ1) is 77.8. The van der Waals surface area contributed by atoms with Crippen LogP contribution < -0.4 is 33.6 Å². The molecule has 116 heavy (non-hydrogen) atoms.